The molecule has 0 bridgehead atoms. The van der Waals surface area contributed by atoms with Crippen LogP contribution in [0.3, 0.4) is 0 Å². The molecule has 14 heavy (non-hydrogen) atoms. The third-order valence-corrected chi connectivity index (χ3v) is 2.95. The molecule has 4 nitrogen and oxygen atoms in total. The quantitative estimate of drug-likeness (QED) is 0.648. The van der Waals surface area contributed by atoms with Crippen molar-refractivity contribution in [1.82, 2.24) is 10.1 Å². The van der Waals surface area contributed by atoms with Crippen LogP contribution in [0.5, 0.6) is 0 Å². The molecular weight excluding hydrogens is 180 g/mol. The summed E-state index contributed by atoms with van der Waals surface area (Å²) in [5, 5.41) is 24.2. The Morgan fingerprint density at radius 1 is 1.21 bits per heavy atom. The summed E-state index contributed by atoms with van der Waals surface area (Å²) in [4.78, 5) is 0. The number of nitrogens with zero attached hydrogens (tertiary/aromatic N) is 2. The number of hydroxylamine groups is 4. The van der Waals surface area contributed by atoms with Gasteiger partial charge in [0.15, 0.2) is 0 Å². The van der Waals surface area contributed by atoms with Gasteiger partial charge >= 0.3 is 0 Å². The zero-order chi connectivity index (χ0) is 11.1. The van der Waals surface area contributed by atoms with Gasteiger partial charge in [-0.05, 0) is 41.0 Å². The third kappa shape index (κ3) is 2.08. The van der Waals surface area contributed by atoms with Gasteiger partial charge in [-0.25, -0.2) is 0 Å². The van der Waals surface area contributed by atoms with Crippen LogP contribution in [0.4, 0.5) is 0 Å². The van der Waals surface area contributed by atoms with E-state index in [-0.39, 0.29) is 6.04 Å². The van der Waals surface area contributed by atoms with Gasteiger partial charge in [0.05, 0.1) is 5.54 Å². The van der Waals surface area contributed by atoms with Crippen molar-refractivity contribution in [2.24, 2.45) is 0 Å². The molecule has 0 aliphatic carbocycles. The van der Waals surface area contributed by atoms with E-state index < -0.39 is 11.1 Å². The fourth-order valence-corrected chi connectivity index (χ4v) is 2.35. The average Bonchev–Trinajstić information content (AvgIpc) is 2.03. The second-order valence-electron chi connectivity index (χ2n) is 5.57. The molecule has 0 aromatic heterocycles. The van der Waals surface area contributed by atoms with Crippen molar-refractivity contribution in [3.05, 3.63) is 0 Å². The molecule has 0 amide bonds. The van der Waals surface area contributed by atoms with Crippen molar-refractivity contribution in [3.8, 4) is 0 Å². The van der Waals surface area contributed by atoms with E-state index >= 15 is 0 Å². The topological polar surface area (TPSA) is 46.6 Å². The third-order valence-electron chi connectivity index (χ3n) is 2.95. The van der Waals surface area contributed by atoms with Crippen molar-refractivity contribution in [3.63, 3.8) is 0 Å². The fraction of sp³-hybridized carbons (Fsp3) is 1.00. The molecule has 1 radical (unpaired) electrons. The van der Waals surface area contributed by atoms with Crippen LogP contribution in [-0.4, -0.2) is 39.0 Å². The van der Waals surface area contributed by atoms with Gasteiger partial charge in [0, 0.05) is 18.1 Å². The summed E-state index contributed by atoms with van der Waals surface area (Å²) in [6, 6.07) is 0.0308. The molecule has 1 aliphatic rings. The van der Waals surface area contributed by atoms with E-state index in [2.05, 4.69) is 0 Å². The maximum atomic E-state index is 12.1. The molecule has 1 rings (SSSR count). The van der Waals surface area contributed by atoms with Crippen LogP contribution < -0.4 is 0 Å². The number of rotatable bonds is 0. The Morgan fingerprint density at radius 3 is 2.21 bits per heavy atom. The molecule has 0 spiro atoms. The first kappa shape index (κ1) is 11.9. The molecule has 1 atom stereocenters. The lowest BCUT2D eigenvalue weighted by Crippen LogP contribution is -2.54. The molecule has 0 aromatic carbocycles. The van der Waals surface area contributed by atoms with Gasteiger partial charge in [-0.2, -0.15) is 5.06 Å². The lowest BCUT2D eigenvalue weighted by Gasteiger charge is -2.39. The molecule has 4 heteroatoms. The lowest BCUT2D eigenvalue weighted by atomic mass is 9.93. The van der Waals surface area contributed by atoms with Crippen LogP contribution in [-0.2, 0) is 5.21 Å². The largest absolute Gasteiger partial charge is 0.314 e. The maximum Gasteiger partial charge on any atom is 0.0593 e. The molecule has 1 N–H and O–H groups in total. The zero-order valence-electron chi connectivity index (χ0n) is 9.74. The van der Waals surface area contributed by atoms with Gasteiger partial charge in [-0.15, -0.1) is 10.3 Å². The molecule has 1 fully saturated rings. The number of hydrogen-bond donors (Lipinski definition) is 1. The summed E-state index contributed by atoms with van der Waals surface area (Å²) >= 11 is 0. The van der Waals surface area contributed by atoms with Gasteiger partial charge in [0.2, 0.25) is 0 Å². The van der Waals surface area contributed by atoms with Crippen LogP contribution in [0, 0.1) is 0 Å². The second-order valence-corrected chi connectivity index (χ2v) is 5.57. The van der Waals surface area contributed by atoms with E-state index in [0.717, 1.165) is 5.06 Å². The Kier molecular flexibility index (Phi) is 2.94. The second kappa shape index (κ2) is 3.45. The summed E-state index contributed by atoms with van der Waals surface area (Å²) < 4.78 is 0. The molecule has 83 valence electrons. The Hall–Kier alpha value is -0.160. The van der Waals surface area contributed by atoms with Crippen molar-refractivity contribution >= 4 is 0 Å². The monoisotopic (exact) mass is 201 g/mol. The Labute approximate surface area is 86.0 Å². The first-order valence-corrected chi connectivity index (χ1v) is 5.10. The SMILES string of the molecule is CC1CC(C)(C)N([O])C(C)(C)CN1O. The molecule has 1 heterocycles. The van der Waals surface area contributed by atoms with E-state index in [9.17, 15) is 10.4 Å². The standard InChI is InChI=1S/C10H21N2O2/c1-8-6-9(2,3)12(14)10(4,5)7-11(8)13/h8,13H,6-7H2,1-5H3. The minimum atomic E-state index is -0.539. The van der Waals surface area contributed by atoms with Crippen molar-refractivity contribution in [1.29, 1.82) is 0 Å². The number of hydrogen-bond acceptors (Lipinski definition) is 3. The van der Waals surface area contributed by atoms with Gasteiger partial charge in [0.25, 0.3) is 0 Å². The Balaban J connectivity index is 2.96. The highest BCUT2D eigenvalue weighted by molar-refractivity contribution is 4.94. The van der Waals surface area contributed by atoms with E-state index in [1.807, 2.05) is 34.6 Å². The van der Waals surface area contributed by atoms with Gasteiger partial charge in [-0.3, -0.25) is 0 Å². The van der Waals surface area contributed by atoms with E-state index in [0.29, 0.717) is 13.0 Å². The first-order chi connectivity index (χ1) is 6.17. The van der Waals surface area contributed by atoms with Crippen molar-refractivity contribution < 1.29 is 10.4 Å². The normalized spacial score (nSPS) is 34.1. The summed E-state index contributed by atoms with van der Waals surface area (Å²) in [7, 11) is 0. The van der Waals surface area contributed by atoms with E-state index in [1.165, 1.54) is 5.06 Å². The molecule has 0 aromatic rings. The van der Waals surface area contributed by atoms with Crippen LogP contribution in [0.15, 0.2) is 0 Å². The Bertz CT molecular complexity index is 194. The van der Waals surface area contributed by atoms with Crippen LogP contribution >= 0.6 is 0 Å². The van der Waals surface area contributed by atoms with E-state index in [4.69, 9.17) is 0 Å². The fourth-order valence-electron chi connectivity index (χ4n) is 2.35. The highest BCUT2D eigenvalue weighted by Crippen LogP contribution is 2.32. The summed E-state index contributed by atoms with van der Waals surface area (Å²) in [6.07, 6.45) is 0.677. The summed E-state index contributed by atoms with van der Waals surface area (Å²) in [5.41, 5.74) is -0.955. The van der Waals surface area contributed by atoms with Crippen molar-refractivity contribution in [2.45, 2.75) is 58.2 Å². The predicted molar refractivity (Wildman–Crippen MR) is 53.3 cm³/mol. The summed E-state index contributed by atoms with van der Waals surface area (Å²) in [5.74, 6) is 0. The first-order valence-electron chi connectivity index (χ1n) is 5.10. The van der Waals surface area contributed by atoms with Crippen LogP contribution in [0.1, 0.15) is 41.0 Å². The predicted octanol–water partition coefficient (Wildman–Crippen LogP) is 1.67. The minimum absolute atomic E-state index is 0.0308. The molecule has 0 saturated carbocycles. The van der Waals surface area contributed by atoms with E-state index in [1.54, 1.807) is 0 Å². The lowest BCUT2D eigenvalue weighted by molar-refractivity contribution is -0.271. The van der Waals surface area contributed by atoms with Crippen LogP contribution in [0.25, 0.3) is 0 Å². The highest BCUT2D eigenvalue weighted by atomic mass is 16.5. The molecule has 1 saturated heterocycles. The average molecular weight is 201 g/mol. The Morgan fingerprint density at radius 2 is 1.71 bits per heavy atom. The van der Waals surface area contributed by atoms with Gasteiger partial charge in [0.1, 0.15) is 0 Å². The minimum Gasteiger partial charge on any atom is -0.314 e. The van der Waals surface area contributed by atoms with Crippen molar-refractivity contribution in [2.75, 3.05) is 6.54 Å². The molecule has 1 aliphatic heterocycles. The van der Waals surface area contributed by atoms with Gasteiger partial charge in [-0.1, -0.05) is 0 Å². The highest BCUT2D eigenvalue weighted by Gasteiger charge is 2.44. The summed E-state index contributed by atoms with van der Waals surface area (Å²) in [6.45, 7) is 9.92. The smallest absolute Gasteiger partial charge is 0.0593 e. The molecular formula is C10H21N2O2. The van der Waals surface area contributed by atoms with Crippen LogP contribution in [0.2, 0.25) is 0 Å². The maximum absolute atomic E-state index is 12.1. The van der Waals surface area contributed by atoms with Gasteiger partial charge < -0.3 is 5.21 Å². The zero-order valence-corrected chi connectivity index (χ0v) is 9.74. The molecule has 1 unspecified atom stereocenters.